The summed E-state index contributed by atoms with van der Waals surface area (Å²) >= 11 is 5.74. The van der Waals surface area contributed by atoms with E-state index < -0.39 is 0 Å². The van der Waals surface area contributed by atoms with Gasteiger partial charge in [0.2, 0.25) is 0 Å². The van der Waals surface area contributed by atoms with Crippen molar-refractivity contribution >= 4 is 23.1 Å². The maximum atomic E-state index is 5.74. The largest absolute Gasteiger partial charge is 0.315 e. The van der Waals surface area contributed by atoms with Crippen LogP contribution < -0.4 is 0 Å². The normalized spacial score (nSPS) is 11.2. The maximum absolute atomic E-state index is 5.74. The molecule has 0 atom stereocenters. The minimum absolute atomic E-state index is 0.827. The van der Waals surface area contributed by atoms with E-state index in [1.807, 2.05) is 42.5 Å². The molecule has 3 rings (SSSR count). The third-order valence-corrected chi connectivity index (χ3v) is 4.10. The number of benzene rings is 2. The summed E-state index contributed by atoms with van der Waals surface area (Å²) < 4.78 is 3.00. The summed E-state index contributed by atoms with van der Waals surface area (Å²) in [5.74, 6) is 0.936. The highest BCUT2D eigenvalue weighted by atomic mass is 32.1. The zero-order valence-electron chi connectivity index (χ0n) is 12.9. The Morgan fingerprint density at radius 1 is 1.00 bits per heavy atom. The molecule has 0 fully saturated rings. The standard InChI is InChI=1S/C18H19N3S/c1-20(2)12-13-21-17(14-8-4-3-5-9-14)19-16-11-7-6-10-15(16)18(21)22/h3-11H,12-13H2,1-2H3. The molecule has 0 spiro atoms. The number of hydrogen-bond acceptors (Lipinski definition) is 3. The van der Waals surface area contributed by atoms with Gasteiger partial charge in [0, 0.05) is 24.0 Å². The molecule has 2 aromatic carbocycles. The van der Waals surface area contributed by atoms with E-state index in [1.54, 1.807) is 0 Å². The maximum Gasteiger partial charge on any atom is 0.141 e. The zero-order valence-corrected chi connectivity index (χ0v) is 13.7. The molecule has 0 saturated carbocycles. The van der Waals surface area contributed by atoms with Crippen LogP contribution in [0.5, 0.6) is 0 Å². The number of hydrogen-bond donors (Lipinski definition) is 0. The lowest BCUT2D eigenvalue weighted by Crippen LogP contribution is -2.20. The van der Waals surface area contributed by atoms with Gasteiger partial charge in [-0.15, -0.1) is 0 Å². The Morgan fingerprint density at radius 2 is 1.68 bits per heavy atom. The molecule has 0 aliphatic heterocycles. The SMILES string of the molecule is CN(C)CCn1c(-c2ccccc2)nc2ccccc2c1=S. The molecular formula is C18H19N3S. The van der Waals surface area contributed by atoms with Gasteiger partial charge in [-0.2, -0.15) is 0 Å². The topological polar surface area (TPSA) is 21.1 Å². The molecule has 0 saturated heterocycles. The molecule has 1 heterocycles. The predicted octanol–water partition coefficient (Wildman–Crippen LogP) is 3.99. The molecule has 1 aromatic heterocycles. The van der Waals surface area contributed by atoms with E-state index in [-0.39, 0.29) is 0 Å². The lowest BCUT2D eigenvalue weighted by molar-refractivity contribution is 0.383. The van der Waals surface area contributed by atoms with E-state index in [0.717, 1.165) is 40.0 Å². The molecule has 3 aromatic rings. The molecule has 0 aliphatic rings. The highest BCUT2D eigenvalue weighted by Crippen LogP contribution is 2.22. The molecule has 0 N–H and O–H groups in total. The Labute approximate surface area is 135 Å². The van der Waals surface area contributed by atoms with Crippen LogP contribution in [0.4, 0.5) is 0 Å². The molecular weight excluding hydrogens is 290 g/mol. The van der Waals surface area contributed by atoms with Crippen LogP contribution in [0.2, 0.25) is 0 Å². The highest BCUT2D eigenvalue weighted by Gasteiger charge is 2.10. The number of rotatable bonds is 4. The van der Waals surface area contributed by atoms with Gasteiger partial charge in [-0.3, -0.25) is 0 Å². The minimum Gasteiger partial charge on any atom is -0.315 e. The van der Waals surface area contributed by atoms with Crippen LogP contribution in [0.25, 0.3) is 22.3 Å². The van der Waals surface area contributed by atoms with Crippen LogP contribution in [0.15, 0.2) is 54.6 Å². The summed E-state index contributed by atoms with van der Waals surface area (Å²) in [6, 6.07) is 18.3. The number of likely N-dealkylation sites (N-methyl/N-ethyl adjacent to an activating group) is 1. The average molecular weight is 309 g/mol. The smallest absolute Gasteiger partial charge is 0.141 e. The van der Waals surface area contributed by atoms with Crippen molar-refractivity contribution in [3.05, 3.63) is 59.2 Å². The second kappa shape index (κ2) is 6.38. The summed E-state index contributed by atoms with van der Waals surface area (Å²) in [5.41, 5.74) is 2.05. The summed E-state index contributed by atoms with van der Waals surface area (Å²) in [6.07, 6.45) is 0. The Balaban J connectivity index is 2.24. The van der Waals surface area contributed by atoms with E-state index in [0.29, 0.717) is 0 Å². The summed E-state index contributed by atoms with van der Waals surface area (Å²) in [5, 5.41) is 1.04. The van der Waals surface area contributed by atoms with Crippen molar-refractivity contribution in [1.82, 2.24) is 14.5 Å². The van der Waals surface area contributed by atoms with Gasteiger partial charge in [0.1, 0.15) is 10.5 Å². The number of para-hydroxylation sites is 1. The van der Waals surface area contributed by atoms with E-state index in [2.05, 4.69) is 35.7 Å². The third-order valence-electron chi connectivity index (χ3n) is 3.66. The highest BCUT2D eigenvalue weighted by molar-refractivity contribution is 7.71. The van der Waals surface area contributed by atoms with Gasteiger partial charge in [-0.05, 0) is 26.2 Å². The lowest BCUT2D eigenvalue weighted by atomic mass is 10.2. The lowest BCUT2D eigenvalue weighted by Gasteiger charge is -2.17. The van der Waals surface area contributed by atoms with Crippen molar-refractivity contribution in [2.45, 2.75) is 6.54 Å². The molecule has 0 radical (unpaired) electrons. The van der Waals surface area contributed by atoms with Gasteiger partial charge in [0.15, 0.2) is 0 Å². The molecule has 3 nitrogen and oxygen atoms in total. The third kappa shape index (κ3) is 2.93. The summed E-state index contributed by atoms with van der Waals surface area (Å²) in [4.78, 5) is 7.02. The Hall–Kier alpha value is -2.04. The first kappa shape index (κ1) is 14.9. The van der Waals surface area contributed by atoms with Crippen molar-refractivity contribution in [1.29, 1.82) is 0 Å². The van der Waals surface area contributed by atoms with Gasteiger partial charge in [0.05, 0.1) is 5.52 Å². The average Bonchev–Trinajstić information content (AvgIpc) is 2.54. The van der Waals surface area contributed by atoms with Crippen LogP contribution in [-0.2, 0) is 6.54 Å². The van der Waals surface area contributed by atoms with Crippen molar-refractivity contribution in [2.75, 3.05) is 20.6 Å². The monoisotopic (exact) mass is 309 g/mol. The second-order valence-electron chi connectivity index (χ2n) is 5.58. The quantitative estimate of drug-likeness (QED) is 0.680. The first-order valence-corrected chi connectivity index (χ1v) is 7.77. The van der Waals surface area contributed by atoms with E-state index >= 15 is 0 Å². The predicted molar refractivity (Wildman–Crippen MR) is 94.6 cm³/mol. The first-order valence-electron chi connectivity index (χ1n) is 7.36. The first-order chi connectivity index (χ1) is 10.7. The molecule has 22 heavy (non-hydrogen) atoms. The number of nitrogens with zero attached hydrogens (tertiary/aromatic N) is 3. The molecule has 0 bridgehead atoms. The summed E-state index contributed by atoms with van der Waals surface area (Å²) in [6.45, 7) is 1.75. The van der Waals surface area contributed by atoms with Crippen LogP contribution in [0.3, 0.4) is 0 Å². The van der Waals surface area contributed by atoms with Gasteiger partial charge in [-0.1, -0.05) is 54.7 Å². The molecule has 112 valence electrons. The van der Waals surface area contributed by atoms with E-state index in [1.165, 1.54) is 0 Å². The van der Waals surface area contributed by atoms with Crippen molar-refractivity contribution < 1.29 is 0 Å². The fourth-order valence-electron chi connectivity index (χ4n) is 2.48. The van der Waals surface area contributed by atoms with Crippen LogP contribution >= 0.6 is 12.2 Å². The van der Waals surface area contributed by atoms with Gasteiger partial charge in [0.25, 0.3) is 0 Å². The zero-order chi connectivity index (χ0) is 15.5. The minimum atomic E-state index is 0.827. The van der Waals surface area contributed by atoms with Crippen LogP contribution in [0.1, 0.15) is 0 Å². The van der Waals surface area contributed by atoms with Crippen molar-refractivity contribution in [2.24, 2.45) is 0 Å². The van der Waals surface area contributed by atoms with E-state index in [4.69, 9.17) is 17.2 Å². The molecule has 0 amide bonds. The van der Waals surface area contributed by atoms with Gasteiger partial charge >= 0.3 is 0 Å². The molecule has 0 unspecified atom stereocenters. The molecule has 0 aliphatic carbocycles. The second-order valence-corrected chi connectivity index (χ2v) is 5.97. The number of aromatic nitrogens is 2. The van der Waals surface area contributed by atoms with Gasteiger partial charge in [-0.25, -0.2) is 4.98 Å². The fraction of sp³-hybridized carbons (Fsp3) is 0.222. The Kier molecular flexibility index (Phi) is 4.32. The number of fused-ring (bicyclic) bond motifs is 1. The van der Waals surface area contributed by atoms with Crippen molar-refractivity contribution in [3.8, 4) is 11.4 Å². The Bertz CT molecular complexity index is 838. The fourth-order valence-corrected chi connectivity index (χ4v) is 2.83. The Morgan fingerprint density at radius 3 is 2.41 bits per heavy atom. The van der Waals surface area contributed by atoms with Crippen molar-refractivity contribution in [3.63, 3.8) is 0 Å². The summed E-state index contributed by atoms with van der Waals surface area (Å²) in [7, 11) is 4.14. The van der Waals surface area contributed by atoms with Crippen LogP contribution in [-0.4, -0.2) is 35.1 Å². The molecule has 4 heteroatoms. The van der Waals surface area contributed by atoms with Gasteiger partial charge < -0.3 is 9.47 Å². The van der Waals surface area contributed by atoms with E-state index in [9.17, 15) is 0 Å². The van der Waals surface area contributed by atoms with Crippen LogP contribution in [0, 0.1) is 4.64 Å².